The summed E-state index contributed by atoms with van der Waals surface area (Å²) in [4.78, 5) is 0. The van der Waals surface area contributed by atoms with E-state index in [0.717, 1.165) is 17.3 Å². The van der Waals surface area contributed by atoms with Gasteiger partial charge >= 0.3 is 0 Å². The van der Waals surface area contributed by atoms with Crippen LogP contribution in [0.15, 0.2) is 34.9 Å². The van der Waals surface area contributed by atoms with E-state index in [0.29, 0.717) is 18.3 Å². The lowest BCUT2D eigenvalue weighted by Crippen LogP contribution is -1.98. The molecule has 0 aliphatic carbocycles. The van der Waals surface area contributed by atoms with Crippen LogP contribution in [0, 0.1) is 5.82 Å². The SMILES string of the molecule is CCc1nnc(Cn2ccc3cc(F)ccc32)o1. The Balaban J connectivity index is 1.95. The third-order valence-corrected chi connectivity index (χ3v) is 2.85. The van der Waals surface area contributed by atoms with E-state index in [-0.39, 0.29) is 5.82 Å². The topological polar surface area (TPSA) is 43.9 Å². The van der Waals surface area contributed by atoms with E-state index in [9.17, 15) is 4.39 Å². The van der Waals surface area contributed by atoms with Crippen LogP contribution in [0.1, 0.15) is 18.7 Å². The molecule has 0 spiro atoms. The number of rotatable bonds is 3. The molecular formula is C13H12FN3O. The van der Waals surface area contributed by atoms with Crippen LogP contribution in [0.4, 0.5) is 4.39 Å². The number of benzene rings is 1. The number of halogens is 1. The molecule has 0 amide bonds. The van der Waals surface area contributed by atoms with Gasteiger partial charge in [0.25, 0.3) is 0 Å². The van der Waals surface area contributed by atoms with Gasteiger partial charge in [-0.3, -0.25) is 0 Å². The van der Waals surface area contributed by atoms with E-state index in [4.69, 9.17) is 4.42 Å². The van der Waals surface area contributed by atoms with Gasteiger partial charge in [0.1, 0.15) is 12.4 Å². The maximum absolute atomic E-state index is 13.1. The van der Waals surface area contributed by atoms with E-state index in [2.05, 4.69) is 10.2 Å². The Kier molecular flexibility index (Phi) is 2.59. The van der Waals surface area contributed by atoms with Crippen molar-refractivity contribution in [3.8, 4) is 0 Å². The fourth-order valence-corrected chi connectivity index (χ4v) is 1.95. The highest BCUT2D eigenvalue weighted by Gasteiger charge is 2.07. The number of nitrogens with zero attached hydrogens (tertiary/aromatic N) is 3. The highest BCUT2D eigenvalue weighted by molar-refractivity contribution is 5.80. The van der Waals surface area contributed by atoms with E-state index < -0.39 is 0 Å². The lowest BCUT2D eigenvalue weighted by atomic mass is 10.2. The van der Waals surface area contributed by atoms with Crippen molar-refractivity contribution in [1.82, 2.24) is 14.8 Å². The Bertz CT molecular complexity index is 686. The molecule has 0 fully saturated rings. The molecule has 0 aliphatic rings. The van der Waals surface area contributed by atoms with E-state index in [1.807, 2.05) is 23.8 Å². The van der Waals surface area contributed by atoms with Gasteiger partial charge in [-0.25, -0.2) is 4.39 Å². The molecule has 0 radical (unpaired) electrons. The molecule has 0 N–H and O–H groups in total. The van der Waals surface area contributed by atoms with Crippen molar-refractivity contribution in [1.29, 1.82) is 0 Å². The molecule has 2 heterocycles. The summed E-state index contributed by atoms with van der Waals surface area (Å²) in [6.07, 6.45) is 2.62. The lowest BCUT2D eigenvalue weighted by Gasteiger charge is -2.01. The summed E-state index contributed by atoms with van der Waals surface area (Å²) in [5.74, 6) is 0.965. The van der Waals surface area contributed by atoms with Crippen LogP contribution in [0.3, 0.4) is 0 Å². The quantitative estimate of drug-likeness (QED) is 0.712. The van der Waals surface area contributed by atoms with E-state index in [1.54, 1.807) is 6.07 Å². The van der Waals surface area contributed by atoms with E-state index in [1.165, 1.54) is 12.1 Å². The fraction of sp³-hybridized carbons (Fsp3) is 0.231. The average molecular weight is 245 g/mol. The van der Waals surface area contributed by atoms with Crippen LogP contribution in [0.5, 0.6) is 0 Å². The summed E-state index contributed by atoms with van der Waals surface area (Å²) in [6.45, 7) is 2.47. The number of hydrogen-bond donors (Lipinski definition) is 0. The van der Waals surface area contributed by atoms with Crippen LogP contribution < -0.4 is 0 Å². The minimum Gasteiger partial charge on any atom is -0.423 e. The number of fused-ring (bicyclic) bond motifs is 1. The lowest BCUT2D eigenvalue weighted by molar-refractivity contribution is 0.444. The Morgan fingerprint density at radius 2 is 2.06 bits per heavy atom. The third-order valence-electron chi connectivity index (χ3n) is 2.85. The van der Waals surface area contributed by atoms with Crippen molar-refractivity contribution in [3.63, 3.8) is 0 Å². The third kappa shape index (κ3) is 1.88. The Hall–Kier alpha value is -2.17. The molecular weight excluding hydrogens is 233 g/mol. The van der Waals surface area contributed by atoms with Crippen molar-refractivity contribution in [3.05, 3.63) is 48.1 Å². The Labute approximate surface area is 103 Å². The van der Waals surface area contributed by atoms with Gasteiger partial charge in [-0.1, -0.05) is 6.92 Å². The normalized spacial score (nSPS) is 11.2. The molecule has 0 saturated carbocycles. The molecule has 1 aromatic carbocycles. The predicted octanol–water partition coefficient (Wildman–Crippen LogP) is 2.77. The number of aryl methyl sites for hydroxylation is 1. The first-order valence-electron chi connectivity index (χ1n) is 5.82. The zero-order chi connectivity index (χ0) is 12.5. The van der Waals surface area contributed by atoms with Crippen LogP contribution in [-0.4, -0.2) is 14.8 Å². The first-order valence-corrected chi connectivity index (χ1v) is 5.82. The monoisotopic (exact) mass is 245 g/mol. The first-order chi connectivity index (χ1) is 8.76. The second kappa shape index (κ2) is 4.25. The molecule has 0 aliphatic heterocycles. The minimum atomic E-state index is -0.230. The standard InChI is InChI=1S/C13H12FN3O/c1-2-12-15-16-13(18-12)8-17-6-5-9-7-10(14)3-4-11(9)17/h3-7H,2,8H2,1H3. The van der Waals surface area contributed by atoms with Crippen molar-refractivity contribution in [2.45, 2.75) is 19.9 Å². The van der Waals surface area contributed by atoms with Crippen molar-refractivity contribution in [2.24, 2.45) is 0 Å². The number of hydrogen-bond acceptors (Lipinski definition) is 3. The molecule has 3 aromatic rings. The van der Waals surface area contributed by atoms with Crippen LogP contribution in [0.25, 0.3) is 10.9 Å². The molecule has 2 aromatic heterocycles. The number of aromatic nitrogens is 3. The predicted molar refractivity (Wildman–Crippen MR) is 64.7 cm³/mol. The van der Waals surface area contributed by atoms with Gasteiger partial charge < -0.3 is 8.98 Å². The second-order valence-corrected chi connectivity index (χ2v) is 4.09. The van der Waals surface area contributed by atoms with Gasteiger partial charge in [0, 0.05) is 23.5 Å². The summed E-state index contributed by atoms with van der Waals surface area (Å²) in [6, 6.07) is 6.58. The van der Waals surface area contributed by atoms with Crippen molar-refractivity contribution >= 4 is 10.9 Å². The molecule has 5 heteroatoms. The molecule has 18 heavy (non-hydrogen) atoms. The van der Waals surface area contributed by atoms with Crippen LogP contribution in [-0.2, 0) is 13.0 Å². The fourth-order valence-electron chi connectivity index (χ4n) is 1.95. The molecule has 0 unspecified atom stereocenters. The van der Waals surface area contributed by atoms with Gasteiger partial charge in [0.2, 0.25) is 11.8 Å². The summed E-state index contributed by atoms with van der Waals surface area (Å²) >= 11 is 0. The first kappa shape index (κ1) is 11.0. The zero-order valence-electron chi connectivity index (χ0n) is 9.93. The maximum Gasteiger partial charge on any atom is 0.236 e. The summed E-state index contributed by atoms with van der Waals surface area (Å²) < 4.78 is 20.5. The van der Waals surface area contributed by atoms with Crippen molar-refractivity contribution in [2.75, 3.05) is 0 Å². The minimum absolute atomic E-state index is 0.230. The van der Waals surface area contributed by atoms with Crippen LogP contribution >= 0.6 is 0 Å². The average Bonchev–Trinajstić information content (AvgIpc) is 2.97. The zero-order valence-corrected chi connectivity index (χ0v) is 9.93. The summed E-state index contributed by atoms with van der Waals surface area (Å²) in [5, 5.41) is 8.76. The molecule has 4 nitrogen and oxygen atoms in total. The summed E-state index contributed by atoms with van der Waals surface area (Å²) in [5.41, 5.74) is 0.952. The molecule has 92 valence electrons. The van der Waals surface area contributed by atoms with Gasteiger partial charge in [0.15, 0.2) is 0 Å². The molecule has 0 bridgehead atoms. The molecule has 3 rings (SSSR count). The smallest absolute Gasteiger partial charge is 0.236 e. The largest absolute Gasteiger partial charge is 0.423 e. The van der Waals surface area contributed by atoms with Crippen LogP contribution in [0.2, 0.25) is 0 Å². The van der Waals surface area contributed by atoms with Gasteiger partial charge in [-0.05, 0) is 24.3 Å². The highest BCUT2D eigenvalue weighted by Crippen LogP contribution is 2.18. The van der Waals surface area contributed by atoms with Crippen molar-refractivity contribution < 1.29 is 8.81 Å². The molecule has 0 saturated heterocycles. The van der Waals surface area contributed by atoms with Gasteiger partial charge in [-0.2, -0.15) is 0 Å². The summed E-state index contributed by atoms with van der Waals surface area (Å²) in [7, 11) is 0. The Morgan fingerprint density at radius 1 is 1.22 bits per heavy atom. The van der Waals surface area contributed by atoms with Gasteiger partial charge in [-0.15, -0.1) is 10.2 Å². The maximum atomic E-state index is 13.1. The second-order valence-electron chi connectivity index (χ2n) is 4.09. The highest BCUT2D eigenvalue weighted by atomic mass is 19.1. The van der Waals surface area contributed by atoms with E-state index >= 15 is 0 Å². The Morgan fingerprint density at radius 3 is 2.83 bits per heavy atom. The van der Waals surface area contributed by atoms with Gasteiger partial charge in [0.05, 0.1) is 0 Å². The molecule has 0 atom stereocenters.